The summed E-state index contributed by atoms with van der Waals surface area (Å²) in [7, 11) is 0. The molecule has 0 radical (unpaired) electrons. The second kappa shape index (κ2) is 5.49. The molecule has 0 saturated carbocycles. The van der Waals surface area contributed by atoms with Gasteiger partial charge in [-0.3, -0.25) is 9.78 Å². The molecule has 0 aliphatic carbocycles. The molecule has 0 fully saturated rings. The highest BCUT2D eigenvalue weighted by atomic mass is 16.5. The Morgan fingerprint density at radius 2 is 2.10 bits per heavy atom. The van der Waals surface area contributed by atoms with E-state index in [1.165, 1.54) is 11.7 Å². The van der Waals surface area contributed by atoms with Crippen LogP contribution in [-0.4, -0.2) is 31.2 Å². The van der Waals surface area contributed by atoms with E-state index in [2.05, 4.69) is 20.4 Å². The standard InChI is InChI=1S/C14H11N5O2/c1-10(20)21-12-6-4-5-11(9-12)19-17-14(16-18-19)13-7-2-3-8-15-13/h2-9H,1H3. The summed E-state index contributed by atoms with van der Waals surface area (Å²) in [6.45, 7) is 1.35. The maximum Gasteiger partial charge on any atom is 0.308 e. The molecule has 0 amide bonds. The fourth-order valence-electron chi connectivity index (χ4n) is 1.76. The fraction of sp³-hybridized carbons (Fsp3) is 0.0714. The van der Waals surface area contributed by atoms with Crippen LogP contribution < -0.4 is 4.74 Å². The molecule has 0 saturated heterocycles. The maximum absolute atomic E-state index is 11.0. The average Bonchev–Trinajstić information content (AvgIpc) is 2.98. The first-order valence-electron chi connectivity index (χ1n) is 6.23. The molecule has 1 aromatic carbocycles. The van der Waals surface area contributed by atoms with E-state index in [9.17, 15) is 4.79 Å². The molecule has 0 aliphatic heterocycles. The number of aromatic nitrogens is 5. The van der Waals surface area contributed by atoms with Gasteiger partial charge in [0.05, 0.1) is 5.69 Å². The highest BCUT2D eigenvalue weighted by molar-refractivity contribution is 5.69. The van der Waals surface area contributed by atoms with E-state index in [-0.39, 0.29) is 5.97 Å². The number of ether oxygens (including phenoxy) is 1. The molecule has 3 aromatic rings. The molecule has 2 heterocycles. The Labute approximate surface area is 120 Å². The second-order valence-electron chi connectivity index (χ2n) is 4.21. The third-order valence-electron chi connectivity index (χ3n) is 2.62. The highest BCUT2D eigenvalue weighted by Crippen LogP contribution is 2.17. The number of benzene rings is 1. The molecule has 7 nitrogen and oxygen atoms in total. The Morgan fingerprint density at radius 3 is 2.86 bits per heavy atom. The molecule has 0 atom stereocenters. The van der Waals surface area contributed by atoms with Gasteiger partial charge in [-0.05, 0) is 29.5 Å². The molecule has 0 spiro atoms. The van der Waals surface area contributed by atoms with Crippen LogP contribution in [-0.2, 0) is 4.79 Å². The smallest absolute Gasteiger partial charge is 0.308 e. The lowest BCUT2D eigenvalue weighted by molar-refractivity contribution is -0.131. The molecule has 0 bridgehead atoms. The number of carbonyl (C=O) groups excluding carboxylic acids is 1. The predicted octanol–water partition coefficient (Wildman–Crippen LogP) is 1.65. The van der Waals surface area contributed by atoms with Gasteiger partial charge in [0.2, 0.25) is 5.82 Å². The summed E-state index contributed by atoms with van der Waals surface area (Å²) in [5.74, 6) is 0.470. The minimum absolute atomic E-state index is 0.382. The van der Waals surface area contributed by atoms with Crippen molar-refractivity contribution >= 4 is 5.97 Å². The van der Waals surface area contributed by atoms with E-state index in [0.29, 0.717) is 23.0 Å². The number of rotatable bonds is 3. The van der Waals surface area contributed by atoms with E-state index in [1.807, 2.05) is 12.1 Å². The summed E-state index contributed by atoms with van der Waals surface area (Å²) < 4.78 is 5.03. The quantitative estimate of drug-likeness (QED) is 0.536. The van der Waals surface area contributed by atoms with Crippen LogP contribution >= 0.6 is 0 Å². The molecule has 3 rings (SSSR count). The van der Waals surface area contributed by atoms with Crippen molar-refractivity contribution in [1.82, 2.24) is 25.2 Å². The first-order chi connectivity index (χ1) is 10.2. The van der Waals surface area contributed by atoms with E-state index < -0.39 is 0 Å². The zero-order chi connectivity index (χ0) is 14.7. The molecule has 0 N–H and O–H groups in total. The summed E-state index contributed by atoms with van der Waals surface area (Å²) in [6, 6.07) is 12.3. The Hall–Kier alpha value is -3.09. The van der Waals surface area contributed by atoms with Crippen LogP contribution in [0.3, 0.4) is 0 Å². The van der Waals surface area contributed by atoms with Crippen molar-refractivity contribution in [3.8, 4) is 23.0 Å². The lowest BCUT2D eigenvalue weighted by atomic mass is 10.3. The first-order valence-corrected chi connectivity index (χ1v) is 6.23. The molecule has 0 aliphatic rings. The highest BCUT2D eigenvalue weighted by Gasteiger charge is 2.09. The Balaban J connectivity index is 1.91. The van der Waals surface area contributed by atoms with Crippen LogP contribution in [0.1, 0.15) is 6.92 Å². The van der Waals surface area contributed by atoms with Gasteiger partial charge in [-0.25, -0.2) is 0 Å². The monoisotopic (exact) mass is 281 g/mol. The van der Waals surface area contributed by atoms with Crippen molar-refractivity contribution in [2.75, 3.05) is 0 Å². The van der Waals surface area contributed by atoms with E-state index >= 15 is 0 Å². The molecule has 21 heavy (non-hydrogen) atoms. The first kappa shape index (κ1) is 12.9. The zero-order valence-corrected chi connectivity index (χ0v) is 11.2. The van der Waals surface area contributed by atoms with Crippen molar-refractivity contribution in [3.05, 3.63) is 48.7 Å². The van der Waals surface area contributed by atoms with E-state index in [1.54, 1.807) is 36.5 Å². The van der Waals surface area contributed by atoms with Crippen molar-refractivity contribution in [2.45, 2.75) is 6.92 Å². The number of carbonyl (C=O) groups is 1. The predicted molar refractivity (Wildman–Crippen MR) is 73.7 cm³/mol. The summed E-state index contributed by atoms with van der Waals surface area (Å²) in [6.07, 6.45) is 1.66. The summed E-state index contributed by atoms with van der Waals surface area (Å²) >= 11 is 0. The summed E-state index contributed by atoms with van der Waals surface area (Å²) in [5, 5.41) is 12.2. The molecule has 7 heteroatoms. The molecule has 104 valence electrons. The number of tetrazole rings is 1. The molecule has 2 aromatic heterocycles. The number of nitrogens with zero attached hydrogens (tertiary/aromatic N) is 5. The van der Waals surface area contributed by atoms with E-state index in [4.69, 9.17) is 4.74 Å². The summed E-state index contributed by atoms with van der Waals surface area (Å²) in [4.78, 5) is 16.5. The number of hydrogen-bond acceptors (Lipinski definition) is 6. The third kappa shape index (κ3) is 2.92. The van der Waals surface area contributed by atoms with Crippen LogP contribution in [0.15, 0.2) is 48.7 Å². The lowest BCUT2D eigenvalue weighted by Gasteiger charge is -2.03. The summed E-state index contributed by atoms with van der Waals surface area (Å²) in [5.41, 5.74) is 1.28. The van der Waals surface area contributed by atoms with Crippen LogP contribution in [0, 0.1) is 0 Å². The number of hydrogen-bond donors (Lipinski definition) is 0. The van der Waals surface area contributed by atoms with Gasteiger partial charge in [0.15, 0.2) is 0 Å². The van der Waals surface area contributed by atoms with Gasteiger partial charge >= 0.3 is 5.97 Å². The number of esters is 1. The third-order valence-corrected chi connectivity index (χ3v) is 2.62. The van der Waals surface area contributed by atoms with Crippen LogP contribution in [0.25, 0.3) is 17.2 Å². The van der Waals surface area contributed by atoms with Gasteiger partial charge in [-0.2, -0.15) is 0 Å². The van der Waals surface area contributed by atoms with Crippen molar-refractivity contribution in [1.29, 1.82) is 0 Å². The van der Waals surface area contributed by atoms with Crippen molar-refractivity contribution in [3.63, 3.8) is 0 Å². The normalized spacial score (nSPS) is 10.3. The van der Waals surface area contributed by atoms with Gasteiger partial charge in [0, 0.05) is 19.2 Å². The van der Waals surface area contributed by atoms with Crippen LogP contribution in [0.2, 0.25) is 0 Å². The average molecular weight is 281 g/mol. The maximum atomic E-state index is 11.0. The van der Waals surface area contributed by atoms with Crippen LogP contribution in [0.4, 0.5) is 0 Å². The minimum atomic E-state index is -0.382. The topological polar surface area (TPSA) is 82.8 Å². The Bertz CT molecular complexity index is 770. The van der Waals surface area contributed by atoms with Gasteiger partial charge in [0.1, 0.15) is 11.4 Å². The Kier molecular flexibility index (Phi) is 3.38. The van der Waals surface area contributed by atoms with Gasteiger partial charge in [-0.1, -0.05) is 12.1 Å². The van der Waals surface area contributed by atoms with Crippen molar-refractivity contribution < 1.29 is 9.53 Å². The molecule has 0 unspecified atom stereocenters. The zero-order valence-electron chi connectivity index (χ0n) is 11.2. The number of pyridine rings is 1. The van der Waals surface area contributed by atoms with E-state index in [0.717, 1.165) is 0 Å². The second-order valence-corrected chi connectivity index (χ2v) is 4.21. The van der Waals surface area contributed by atoms with Crippen LogP contribution in [0.5, 0.6) is 5.75 Å². The van der Waals surface area contributed by atoms with Gasteiger partial charge < -0.3 is 4.74 Å². The van der Waals surface area contributed by atoms with Crippen molar-refractivity contribution in [2.24, 2.45) is 0 Å². The van der Waals surface area contributed by atoms with Gasteiger partial charge in [0.25, 0.3) is 0 Å². The lowest BCUT2D eigenvalue weighted by Crippen LogP contribution is -2.03. The van der Waals surface area contributed by atoms with Gasteiger partial charge in [-0.15, -0.1) is 15.0 Å². The SMILES string of the molecule is CC(=O)Oc1cccc(-n2nnc(-c3ccccn3)n2)c1. The molecular formula is C14H11N5O2. The Morgan fingerprint density at radius 1 is 1.19 bits per heavy atom. The minimum Gasteiger partial charge on any atom is -0.427 e. The largest absolute Gasteiger partial charge is 0.427 e. The fourth-order valence-corrected chi connectivity index (χ4v) is 1.76. The molecular weight excluding hydrogens is 270 g/mol.